The predicted molar refractivity (Wildman–Crippen MR) is 122 cm³/mol. The second-order valence-electron chi connectivity index (χ2n) is 11.0. The van der Waals surface area contributed by atoms with Crippen molar-refractivity contribution in [1.29, 1.82) is 0 Å². The fraction of sp³-hybridized carbons (Fsp3) is 0.731. The lowest BCUT2D eigenvalue weighted by Crippen LogP contribution is -2.55. The van der Waals surface area contributed by atoms with Crippen molar-refractivity contribution in [2.75, 3.05) is 44.7 Å². The zero-order chi connectivity index (χ0) is 22.1. The summed E-state index contributed by atoms with van der Waals surface area (Å²) in [4.78, 5) is 17.9. The molecule has 174 valence electrons. The van der Waals surface area contributed by atoms with Gasteiger partial charge in [-0.15, -0.1) is 0 Å². The van der Waals surface area contributed by atoms with Crippen molar-refractivity contribution >= 4 is 11.7 Å². The molecule has 3 saturated heterocycles. The molecule has 7 atom stereocenters. The van der Waals surface area contributed by atoms with E-state index in [0.29, 0.717) is 5.92 Å². The number of ether oxygens (including phenoxy) is 3. The van der Waals surface area contributed by atoms with Crippen LogP contribution >= 0.6 is 0 Å². The van der Waals surface area contributed by atoms with Gasteiger partial charge in [0.2, 0.25) is 0 Å². The number of anilines is 1. The summed E-state index contributed by atoms with van der Waals surface area (Å²) in [6, 6.07) is 8.27. The minimum atomic E-state index is -0.0496. The summed E-state index contributed by atoms with van der Waals surface area (Å²) < 4.78 is 18.0. The fourth-order valence-corrected chi connectivity index (χ4v) is 7.72. The number of benzene rings is 1. The van der Waals surface area contributed by atoms with Crippen LogP contribution in [0.4, 0.5) is 5.69 Å². The van der Waals surface area contributed by atoms with Gasteiger partial charge in [0, 0.05) is 55.8 Å². The SMILES string of the molecule is COc1cccc(N2CCN(C[C@@H]3C(=O)O[C@@H]4C[C@@]5(C)CCC[C@H](C)[C@]56O[C@@H]6[C@H]34)CC2)c1. The van der Waals surface area contributed by atoms with E-state index >= 15 is 0 Å². The average molecular weight is 441 g/mol. The lowest BCUT2D eigenvalue weighted by molar-refractivity contribution is -0.146. The molecule has 5 aliphatic rings. The molecule has 0 amide bonds. The first-order valence-corrected chi connectivity index (χ1v) is 12.4. The van der Waals surface area contributed by atoms with Crippen LogP contribution in [0.15, 0.2) is 24.3 Å². The van der Waals surface area contributed by atoms with Crippen LogP contribution < -0.4 is 9.64 Å². The van der Waals surface area contributed by atoms with Crippen LogP contribution in [0.25, 0.3) is 0 Å². The lowest BCUT2D eigenvalue weighted by Gasteiger charge is -2.49. The number of piperazine rings is 1. The van der Waals surface area contributed by atoms with Crippen LogP contribution in [0.5, 0.6) is 5.75 Å². The smallest absolute Gasteiger partial charge is 0.311 e. The number of hydrogen-bond donors (Lipinski definition) is 0. The van der Waals surface area contributed by atoms with E-state index in [1.165, 1.54) is 24.9 Å². The van der Waals surface area contributed by atoms with Gasteiger partial charge in [0.25, 0.3) is 0 Å². The van der Waals surface area contributed by atoms with E-state index in [2.05, 4.69) is 35.8 Å². The van der Waals surface area contributed by atoms with Gasteiger partial charge >= 0.3 is 5.97 Å². The summed E-state index contributed by atoms with van der Waals surface area (Å²) in [5, 5.41) is 0. The van der Waals surface area contributed by atoms with Gasteiger partial charge in [-0.2, -0.15) is 0 Å². The maximum Gasteiger partial charge on any atom is 0.311 e. The van der Waals surface area contributed by atoms with Crippen LogP contribution in [0.1, 0.15) is 39.5 Å². The topological polar surface area (TPSA) is 54.5 Å². The zero-order valence-corrected chi connectivity index (χ0v) is 19.6. The first-order chi connectivity index (χ1) is 15.4. The normalized spacial score (nSPS) is 43.2. The molecule has 2 aliphatic carbocycles. The van der Waals surface area contributed by atoms with E-state index in [-0.39, 0.29) is 41.0 Å². The number of epoxide rings is 1. The maximum absolute atomic E-state index is 13.0. The molecular formula is C26H36N2O4. The third-order valence-electron chi connectivity index (χ3n) is 9.44. The van der Waals surface area contributed by atoms with Crippen LogP contribution in [0.2, 0.25) is 0 Å². The molecular weight excluding hydrogens is 404 g/mol. The minimum absolute atomic E-state index is 0.00998. The zero-order valence-electron chi connectivity index (χ0n) is 19.6. The number of rotatable bonds is 4. The number of hydrogen-bond acceptors (Lipinski definition) is 6. The molecule has 6 heteroatoms. The molecule has 6 nitrogen and oxygen atoms in total. The number of nitrogens with zero attached hydrogens (tertiary/aromatic N) is 2. The van der Waals surface area contributed by atoms with Gasteiger partial charge in [0.1, 0.15) is 17.5 Å². The Morgan fingerprint density at radius 2 is 2.03 bits per heavy atom. The van der Waals surface area contributed by atoms with Crippen LogP contribution in [0, 0.1) is 23.2 Å². The highest BCUT2D eigenvalue weighted by molar-refractivity contribution is 5.76. The van der Waals surface area contributed by atoms with Crippen LogP contribution in [0.3, 0.4) is 0 Å². The standard InChI is InChI=1S/C26H36N2O4/c1-17-6-5-9-25(2)15-21-22(23-26(17,25)32-23)20(24(29)31-21)16-27-10-12-28(13-11-27)18-7-4-8-19(14-18)30-3/h4,7-8,14,17,20-23H,5-6,9-13,15-16H2,1-3H3/t17-,20-,21+,22+,23+,25+,26+/m0/s1. The summed E-state index contributed by atoms with van der Waals surface area (Å²) in [7, 11) is 1.71. The third-order valence-corrected chi connectivity index (χ3v) is 9.44. The molecule has 0 aromatic heterocycles. The van der Waals surface area contributed by atoms with Crippen molar-refractivity contribution in [1.82, 2.24) is 4.90 Å². The molecule has 1 aromatic carbocycles. The lowest BCUT2D eigenvalue weighted by atomic mass is 9.53. The van der Waals surface area contributed by atoms with Crippen molar-refractivity contribution < 1.29 is 19.0 Å². The summed E-state index contributed by atoms with van der Waals surface area (Å²) >= 11 is 0. The highest BCUT2D eigenvalue weighted by atomic mass is 16.6. The highest BCUT2D eigenvalue weighted by Gasteiger charge is 2.78. The molecule has 6 rings (SSSR count). The molecule has 5 fully saturated rings. The molecule has 3 heterocycles. The molecule has 2 saturated carbocycles. The van der Waals surface area contributed by atoms with Gasteiger partial charge in [-0.05, 0) is 37.3 Å². The molecule has 1 aromatic rings. The fourth-order valence-electron chi connectivity index (χ4n) is 7.72. The Morgan fingerprint density at radius 3 is 2.81 bits per heavy atom. The molecule has 1 spiro atoms. The summed E-state index contributed by atoms with van der Waals surface area (Å²) in [5.41, 5.74) is 1.35. The molecule has 0 unspecified atom stereocenters. The van der Waals surface area contributed by atoms with Gasteiger partial charge in [0.05, 0.1) is 19.1 Å². The van der Waals surface area contributed by atoms with Gasteiger partial charge in [-0.1, -0.05) is 26.3 Å². The van der Waals surface area contributed by atoms with Crippen molar-refractivity contribution in [2.24, 2.45) is 23.2 Å². The predicted octanol–water partition coefficient (Wildman–Crippen LogP) is 3.34. The van der Waals surface area contributed by atoms with E-state index in [0.717, 1.165) is 44.9 Å². The molecule has 3 aliphatic heterocycles. The van der Waals surface area contributed by atoms with Gasteiger partial charge in [0.15, 0.2) is 0 Å². The summed E-state index contributed by atoms with van der Waals surface area (Å²) in [6.07, 6.45) is 4.94. The maximum atomic E-state index is 13.0. The number of carbonyl (C=O) groups excluding carboxylic acids is 1. The monoisotopic (exact) mass is 440 g/mol. The number of fused-ring (bicyclic) bond motifs is 2. The summed E-state index contributed by atoms with van der Waals surface area (Å²) in [6.45, 7) is 9.39. The van der Waals surface area contributed by atoms with E-state index in [4.69, 9.17) is 14.2 Å². The summed E-state index contributed by atoms with van der Waals surface area (Å²) in [5.74, 6) is 1.66. The Kier molecular flexibility index (Phi) is 4.78. The van der Waals surface area contributed by atoms with Crippen LogP contribution in [-0.2, 0) is 14.3 Å². The number of carbonyl (C=O) groups is 1. The Bertz CT molecular complexity index is 900. The van der Waals surface area contributed by atoms with Gasteiger partial charge < -0.3 is 19.1 Å². The van der Waals surface area contributed by atoms with E-state index in [1.807, 2.05) is 12.1 Å². The first-order valence-electron chi connectivity index (χ1n) is 12.4. The third kappa shape index (κ3) is 2.95. The van der Waals surface area contributed by atoms with Crippen molar-refractivity contribution in [3.05, 3.63) is 24.3 Å². The Hall–Kier alpha value is -1.79. The second kappa shape index (κ2) is 7.36. The van der Waals surface area contributed by atoms with Crippen LogP contribution in [-0.4, -0.2) is 68.5 Å². The average Bonchev–Trinajstić information content (AvgIpc) is 3.48. The number of methoxy groups -OCH3 is 1. The van der Waals surface area contributed by atoms with Crippen molar-refractivity contribution in [2.45, 2.75) is 57.3 Å². The molecule has 32 heavy (non-hydrogen) atoms. The second-order valence-corrected chi connectivity index (χ2v) is 11.0. The van der Waals surface area contributed by atoms with Gasteiger partial charge in [-0.3, -0.25) is 9.69 Å². The van der Waals surface area contributed by atoms with E-state index in [1.54, 1.807) is 7.11 Å². The molecule has 0 bridgehead atoms. The van der Waals surface area contributed by atoms with E-state index < -0.39 is 0 Å². The largest absolute Gasteiger partial charge is 0.497 e. The quantitative estimate of drug-likeness (QED) is 0.529. The Morgan fingerprint density at radius 1 is 1.22 bits per heavy atom. The molecule has 0 N–H and O–H groups in total. The first kappa shape index (κ1) is 20.8. The minimum Gasteiger partial charge on any atom is -0.497 e. The number of esters is 1. The van der Waals surface area contributed by atoms with Crippen molar-refractivity contribution in [3.8, 4) is 5.75 Å². The van der Waals surface area contributed by atoms with Crippen molar-refractivity contribution in [3.63, 3.8) is 0 Å². The van der Waals surface area contributed by atoms with E-state index in [9.17, 15) is 4.79 Å². The highest BCUT2D eigenvalue weighted by Crippen LogP contribution is 2.70. The Balaban J connectivity index is 1.13. The van der Waals surface area contributed by atoms with Gasteiger partial charge in [-0.25, -0.2) is 0 Å². The molecule has 0 radical (unpaired) electrons. The Labute approximate surface area is 191 Å².